The topological polar surface area (TPSA) is 74.5 Å². The number of H-pyrrole nitrogens is 1. The second-order valence-corrected chi connectivity index (χ2v) is 6.98. The van der Waals surface area contributed by atoms with Crippen LogP contribution in [0.4, 0.5) is 4.39 Å². The van der Waals surface area contributed by atoms with Crippen molar-refractivity contribution in [1.29, 1.82) is 0 Å². The Morgan fingerprint density at radius 1 is 1.26 bits per heavy atom. The number of nitrogens with one attached hydrogen (secondary N) is 1. The number of hydrogen-bond donors (Lipinski definition) is 1. The van der Waals surface area contributed by atoms with Crippen LogP contribution in [0, 0.1) is 5.82 Å². The van der Waals surface area contributed by atoms with Gasteiger partial charge in [0.25, 0.3) is 0 Å². The minimum absolute atomic E-state index is 0.143. The molecule has 27 heavy (non-hydrogen) atoms. The van der Waals surface area contributed by atoms with Gasteiger partial charge < -0.3 is 0 Å². The Morgan fingerprint density at radius 2 is 2.15 bits per heavy atom. The van der Waals surface area contributed by atoms with E-state index in [1.165, 1.54) is 6.07 Å². The minimum atomic E-state index is -0.269. The van der Waals surface area contributed by atoms with Gasteiger partial charge in [-0.25, -0.2) is 13.9 Å². The van der Waals surface area contributed by atoms with E-state index in [1.807, 2.05) is 47.9 Å². The van der Waals surface area contributed by atoms with Crippen LogP contribution in [0.15, 0.2) is 41.8 Å². The summed E-state index contributed by atoms with van der Waals surface area (Å²) in [5.74, 6) is -0.333. The molecule has 0 saturated heterocycles. The van der Waals surface area contributed by atoms with E-state index in [1.54, 1.807) is 12.4 Å². The Balaban J connectivity index is 1.59. The smallest absolute Gasteiger partial charge is 0.153 e. The molecule has 4 heterocycles. The first-order valence-electron chi connectivity index (χ1n) is 8.82. The van der Waals surface area contributed by atoms with Crippen molar-refractivity contribution < 1.29 is 4.39 Å². The summed E-state index contributed by atoms with van der Waals surface area (Å²) in [6.45, 7) is 2.76. The number of aromatic nitrogens is 5. The van der Waals surface area contributed by atoms with Crippen molar-refractivity contribution in [3.05, 3.63) is 59.4 Å². The van der Waals surface area contributed by atoms with Crippen LogP contribution in [-0.2, 0) is 0 Å². The van der Waals surface area contributed by atoms with Gasteiger partial charge in [0.15, 0.2) is 5.65 Å². The average Bonchev–Trinajstić information content (AvgIpc) is 3.38. The summed E-state index contributed by atoms with van der Waals surface area (Å²) in [4.78, 5) is 4.45. The van der Waals surface area contributed by atoms with Crippen molar-refractivity contribution in [3.8, 4) is 0 Å². The molecule has 0 amide bonds. The molecule has 7 nitrogen and oxygen atoms in total. The zero-order valence-corrected chi connectivity index (χ0v) is 15.0. The van der Waals surface area contributed by atoms with Gasteiger partial charge in [0.1, 0.15) is 5.82 Å². The number of likely N-dealkylation sites (N-methyl/N-ethyl adjacent to an activating group) is 1. The second kappa shape index (κ2) is 5.87. The molecule has 4 aromatic rings. The quantitative estimate of drug-likeness (QED) is 0.607. The fourth-order valence-electron chi connectivity index (χ4n) is 3.62. The highest BCUT2D eigenvalue weighted by Gasteiger charge is 2.22. The highest BCUT2D eigenvalue weighted by Crippen LogP contribution is 2.30. The summed E-state index contributed by atoms with van der Waals surface area (Å²) in [5, 5.41) is 18.6. The number of benzene rings is 1. The average molecular weight is 363 g/mol. The lowest BCUT2D eigenvalue weighted by molar-refractivity contribution is 0.379. The molecule has 1 unspecified atom stereocenters. The van der Waals surface area contributed by atoms with Gasteiger partial charge >= 0.3 is 0 Å². The van der Waals surface area contributed by atoms with Gasteiger partial charge in [-0.15, -0.1) is 0 Å². The largest absolute Gasteiger partial charge is 0.299 e. The van der Waals surface area contributed by atoms with E-state index < -0.39 is 0 Å². The number of imidazole rings is 1. The van der Waals surface area contributed by atoms with E-state index in [9.17, 15) is 4.39 Å². The molecule has 0 spiro atoms. The predicted octanol–water partition coefficient (Wildman–Crippen LogP) is 2.91. The van der Waals surface area contributed by atoms with Gasteiger partial charge in [-0.05, 0) is 29.8 Å². The van der Waals surface area contributed by atoms with E-state index >= 15 is 0 Å². The van der Waals surface area contributed by atoms with E-state index in [-0.39, 0.29) is 17.7 Å². The highest BCUT2D eigenvalue weighted by atomic mass is 19.1. The Hall–Kier alpha value is -3.29. The SMILES string of the molecule is C[C@@H](c1cc2cn[nH]c2cc1F)c1cnc2ccc(C3C=NN(C)C3)nn12. The van der Waals surface area contributed by atoms with Crippen LogP contribution < -0.4 is 0 Å². The monoisotopic (exact) mass is 363 g/mol. The van der Waals surface area contributed by atoms with Crippen molar-refractivity contribution >= 4 is 22.8 Å². The lowest BCUT2D eigenvalue weighted by atomic mass is 9.96. The first-order chi connectivity index (χ1) is 13.1. The summed E-state index contributed by atoms with van der Waals surface area (Å²) in [5.41, 5.74) is 3.80. The maximum atomic E-state index is 14.7. The first-order valence-corrected chi connectivity index (χ1v) is 8.82. The van der Waals surface area contributed by atoms with Crippen LogP contribution in [-0.4, -0.2) is 49.6 Å². The zero-order valence-electron chi connectivity index (χ0n) is 15.0. The molecular formula is C19H18FN7. The first kappa shape index (κ1) is 15.9. The molecule has 1 aromatic carbocycles. The molecule has 0 aliphatic carbocycles. The van der Waals surface area contributed by atoms with Crippen molar-refractivity contribution in [2.24, 2.45) is 5.10 Å². The molecule has 1 N–H and O–H groups in total. The fourth-order valence-corrected chi connectivity index (χ4v) is 3.62. The number of hydrogen-bond acceptors (Lipinski definition) is 5. The van der Waals surface area contributed by atoms with E-state index in [0.717, 1.165) is 29.0 Å². The molecule has 3 aromatic heterocycles. The predicted molar refractivity (Wildman–Crippen MR) is 100 cm³/mol. The van der Waals surface area contributed by atoms with Gasteiger partial charge in [-0.3, -0.25) is 10.1 Å². The molecule has 136 valence electrons. The maximum Gasteiger partial charge on any atom is 0.153 e. The van der Waals surface area contributed by atoms with Crippen molar-refractivity contribution in [2.75, 3.05) is 13.6 Å². The second-order valence-electron chi connectivity index (χ2n) is 6.98. The lowest BCUT2D eigenvalue weighted by Crippen LogP contribution is -2.15. The molecule has 0 radical (unpaired) electrons. The lowest BCUT2D eigenvalue weighted by Gasteiger charge is -2.14. The number of nitrogens with zero attached hydrogens (tertiary/aromatic N) is 6. The molecule has 0 saturated carbocycles. The van der Waals surface area contributed by atoms with E-state index in [2.05, 4.69) is 20.3 Å². The Morgan fingerprint density at radius 3 is 2.96 bits per heavy atom. The normalized spacial score (nSPS) is 18.0. The molecule has 1 aliphatic heterocycles. The summed E-state index contributed by atoms with van der Waals surface area (Å²) in [6, 6.07) is 7.24. The molecule has 0 fully saturated rings. The minimum Gasteiger partial charge on any atom is -0.299 e. The number of fused-ring (bicyclic) bond motifs is 2. The van der Waals surface area contributed by atoms with E-state index in [4.69, 9.17) is 5.10 Å². The third-order valence-corrected chi connectivity index (χ3v) is 5.16. The van der Waals surface area contributed by atoms with Crippen molar-refractivity contribution in [1.82, 2.24) is 29.8 Å². The molecular weight excluding hydrogens is 345 g/mol. The van der Waals surface area contributed by atoms with E-state index in [0.29, 0.717) is 11.1 Å². The van der Waals surface area contributed by atoms with Crippen LogP contribution in [0.1, 0.15) is 35.7 Å². The van der Waals surface area contributed by atoms with Gasteiger partial charge in [-0.2, -0.15) is 15.3 Å². The third kappa shape index (κ3) is 2.56. The summed E-state index contributed by atoms with van der Waals surface area (Å²) in [6.07, 6.45) is 5.37. The zero-order chi connectivity index (χ0) is 18.5. The van der Waals surface area contributed by atoms with Crippen LogP contribution in [0.5, 0.6) is 0 Å². The van der Waals surface area contributed by atoms with Gasteiger partial charge in [-0.1, -0.05) is 6.92 Å². The fraction of sp³-hybridized carbons (Fsp3) is 0.263. The number of halogens is 1. The Labute approximate surface area is 154 Å². The molecule has 5 rings (SSSR count). The summed E-state index contributed by atoms with van der Waals surface area (Å²) >= 11 is 0. The molecule has 0 bridgehead atoms. The number of aromatic amines is 1. The molecule has 2 atom stereocenters. The summed E-state index contributed by atoms with van der Waals surface area (Å²) < 4.78 is 16.5. The number of rotatable bonds is 3. The third-order valence-electron chi connectivity index (χ3n) is 5.16. The Kier molecular flexibility index (Phi) is 3.46. The highest BCUT2D eigenvalue weighted by molar-refractivity contribution is 5.79. The Bertz CT molecular complexity index is 1180. The van der Waals surface area contributed by atoms with Crippen molar-refractivity contribution in [3.63, 3.8) is 0 Å². The van der Waals surface area contributed by atoms with Crippen LogP contribution in [0.2, 0.25) is 0 Å². The van der Waals surface area contributed by atoms with Crippen LogP contribution in [0.3, 0.4) is 0 Å². The van der Waals surface area contributed by atoms with Gasteiger partial charge in [0, 0.05) is 31.1 Å². The molecule has 1 aliphatic rings. The van der Waals surface area contributed by atoms with Gasteiger partial charge in [0.05, 0.1) is 35.2 Å². The van der Waals surface area contributed by atoms with Crippen molar-refractivity contribution in [2.45, 2.75) is 18.8 Å². The number of hydrazone groups is 1. The van der Waals surface area contributed by atoms with Gasteiger partial charge in [0.2, 0.25) is 0 Å². The summed E-state index contributed by atoms with van der Waals surface area (Å²) in [7, 11) is 1.94. The van der Waals surface area contributed by atoms with Crippen LogP contribution >= 0.6 is 0 Å². The maximum absolute atomic E-state index is 14.7. The van der Waals surface area contributed by atoms with Crippen LogP contribution in [0.25, 0.3) is 16.6 Å². The standard InChI is InChI=1S/C19H18FN7/c1-11(14-5-12-7-22-24-17(12)6-15(14)20)18-9-21-19-4-3-16(25-27(18)19)13-8-23-26(2)10-13/h3-9,11,13H,10H2,1-2H3,(H,22,24)/t11-,13?/m0/s1. The molecule has 8 heteroatoms.